The molecule has 0 aromatic heterocycles. The summed E-state index contributed by atoms with van der Waals surface area (Å²) in [6, 6.07) is 5.85. The van der Waals surface area contributed by atoms with Crippen LogP contribution in [0.1, 0.15) is 28.8 Å². The number of rotatable bonds is 3. The molecule has 0 aliphatic carbocycles. The Morgan fingerprint density at radius 1 is 1.50 bits per heavy atom. The number of benzene rings is 1. The predicted octanol–water partition coefficient (Wildman–Crippen LogP) is 3.85. The molecule has 98 valence electrons. The fraction of sp³-hybridized carbons (Fsp3) is 0.500. The van der Waals surface area contributed by atoms with Crippen molar-refractivity contribution in [3.05, 3.63) is 33.8 Å². The number of halogens is 2. The summed E-state index contributed by atoms with van der Waals surface area (Å²) in [6.07, 6.45) is 2.08. The van der Waals surface area contributed by atoms with Crippen LogP contribution in [-0.4, -0.2) is 29.8 Å². The summed E-state index contributed by atoms with van der Waals surface area (Å²) in [5, 5.41) is 0. The highest BCUT2D eigenvalue weighted by Crippen LogP contribution is 2.23. The molecule has 1 unspecified atom stereocenters. The van der Waals surface area contributed by atoms with Gasteiger partial charge in [0, 0.05) is 29.0 Å². The van der Waals surface area contributed by atoms with E-state index in [2.05, 4.69) is 15.9 Å². The molecule has 1 amide bonds. The van der Waals surface area contributed by atoms with Gasteiger partial charge in [-0.2, -0.15) is 0 Å². The SMILES string of the molecule is Cc1cc(Br)cc(C(=O)N2CCC(CCCl)C2)c1. The molecule has 1 heterocycles. The molecular weight excluding hydrogens is 314 g/mol. The molecule has 1 aliphatic heterocycles. The minimum absolute atomic E-state index is 0.136. The summed E-state index contributed by atoms with van der Waals surface area (Å²) in [5.41, 5.74) is 1.87. The lowest BCUT2D eigenvalue weighted by molar-refractivity contribution is 0.0787. The zero-order chi connectivity index (χ0) is 13.1. The first kappa shape index (κ1) is 13.9. The lowest BCUT2D eigenvalue weighted by atomic mass is 10.1. The number of hydrogen-bond acceptors (Lipinski definition) is 1. The van der Waals surface area contributed by atoms with Crippen molar-refractivity contribution in [2.75, 3.05) is 19.0 Å². The quantitative estimate of drug-likeness (QED) is 0.771. The van der Waals surface area contributed by atoms with Gasteiger partial charge in [0.25, 0.3) is 5.91 Å². The van der Waals surface area contributed by atoms with E-state index in [-0.39, 0.29) is 5.91 Å². The van der Waals surface area contributed by atoms with Gasteiger partial charge in [-0.25, -0.2) is 0 Å². The first-order valence-corrected chi connectivity index (χ1v) is 7.55. The van der Waals surface area contributed by atoms with Crippen LogP contribution in [-0.2, 0) is 0 Å². The molecule has 4 heteroatoms. The van der Waals surface area contributed by atoms with Gasteiger partial charge >= 0.3 is 0 Å². The summed E-state index contributed by atoms with van der Waals surface area (Å²) in [7, 11) is 0. The van der Waals surface area contributed by atoms with Crippen molar-refractivity contribution in [3.8, 4) is 0 Å². The number of nitrogens with zero attached hydrogens (tertiary/aromatic N) is 1. The van der Waals surface area contributed by atoms with Gasteiger partial charge in [0.1, 0.15) is 0 Å². The third-order valence-corrected chi connectivity index (χ3v) is 4.06. The molecule has 2 rings (SSSR count). The number of carbonyl (C=O) groups excluding carboxylic acids is 1. The summed E-state index contributed by atoms with van der Waals surface area (Å²) >= 11 is 9.20. The van der Waals surface area contributed by atoms with Crippen LogP contribution in [0.4, 0.5) is 0 Å². The van der Waals surface area contributed by atoms with Gasteiger partial charge < -0.3 is 4.90 Å². The molecule has 1 fully saturated rings. The Morgan fingerprint density at radius 2 is 2.28 bits per heavy atom. The molecule has 18 heavy (non-hydrogen) atoms. The van der Waals surface area contributed by atoms with Crippen molar-refractivity contribution >= 4 is 33.4 Å². The van der Waals surface area contributed by atoms with E-state index in [1.807, 2.05) is 30.0 Å². The summed E-state index contributed by atoms with van der Waals surface area (Å²) < 4.78 is 0.961. The van der Waals surface area contributed by atoms with E-state index < -0.39 is 0 Å². The van der Waals surface area contributed by atoms with Crippen LogP contribution < -0.4 is 0 Å². The normalized spacial score (nSPS) is 19.3. The Morgan fingerprint density at radius 3 is 2.94 bits per heavy atom. The van der Waals surface area contributed by atoms with Gasteiger partial charge in [0.2, 0.25) is 0 Å². The van der Waals surface area contributed by atoms with Crippen LogP contribution >= 0.6 is 27.5 Å². The number of alkyl halides is 1. The zero-order valence-electron chi connectivity index (χ0n) is 10.5. The maximum Gasteiger partial charge on any atom is 0.253 e. The number of amides is 1. The van der Waals surface area contributed by atoms with E-state index in [4.69, 9.17) is 11.6 Å². The van der Waals surface area contributed by atoms with Crippen molar-refractivity contribution < 1.29 is 4.79 Å². The second-order valence-corrected chi connectivity index (χ2v) is 6.19. The largest absolute Gasteiger partial charge is 0.338 e. The van der Waals surface area contributed by atoms with E-state index in [9.17, 15) is 4.79 Å². The van der Waals surface area contributed by atoms with Crippen LogP contribution in [0.3, 0.4) is 0 Å². The van der Waals surface area contributed by atoms with E-state index in [1.165, 1.54) is 0 Å². The smallest absolute Gasteiger partial charge is 0.253 e. The van der Waals surface area contributed by atoms with Gasteiger partial charge in [-0.1, -0.05) is 15.9 Å². The summed E-state index contributed by atoms with van der Waals surface area (Å²) in [5.74, 6) is 1.39. The highest BCUT2D eigenvalue weighted by molar-refractivity contribution is 9.10. The molecule has 0 saturated carbocycles. The molecule has 1 aliphatic rings. The molecular formula is C14H17BrClNO. The highest BCUT2D eigenvalue weighted by Gasteiger charge is 2.26. The molecule has 1 aromatic rings. The van der Waals surface area contributed by atoms with Gasteiger partial charge in [-0.15, -0.1) is 11.6 Å². The Bertz CT molecular complexity index is 429. The lowest BCUT2D eigenvalue weighted by Gasteiger charge is -2.17. The van der Waals surface area contributed by atoms with Crippen LogP contribution in [0.25, 0.3) is 0 Å². The Balaban J connectivity index is 2.08. The second kappa shape index (κ2) is 6.07. The topological polar surface area (TPSA) is 20.3 Å². The molecule has 0 spiro atoms. The van der Waals surface area contributed by atoms with E-state index in [1.54, 1.807) is 0 Å². The average molecular weight is 331 g/mol. The Kier molecular flexibility index (Phi) is 4.68. The third-order valence-electron chi connectivity index (χ3n) is 3.38. The van der Waals surface area contributed by atoms with Gasteiger partial charge in [0.05, 0.1) is 0 Å². The van der Waals surface area contributed by atoms with Crippen LogP contribution in [0.15, 0.2) is 22.7 Å². The van der Waals surface area contributed by atoms with Gasteiger partial charge in [-0.3, -0.25) is 4.79 Å². The Labute approximate surface area is 121 Å². The van der Waals surface area contributed by atoms with Gasteiger partial charge in [-0.05, 0) is 49.4 Å². The van der Waals surface area contributed by atoms with E-state index in [0.717, 1.165) is 41.5 Å². The minimum Gasteiger partial charge on any atom is -0.338 e. The monoisotopic (exact) mass is 329 g/mol. The fourth-order valence-electron chi connectivity index (χ4n) is 2.45. The third kappa shape index (κ3) is 3.27. The number of carbonyl (C=O) groups is 1. The van der Waals surface area contributed by atoms with Gasteiger partial charge in [0.15, 0.2) is 0 Å². The predicted molar refractivity (Wildman–Crippen MR) is 78.2 cm³/mol. The van der Waals surface area contributed by atoms with Crippen molar-refractivity contribution in [1.82, 2.24) is 4.90 Å². The van der Waals surface area contributed by atoms with Crippen molar-refractivity contribution in [3.63, 3.8) is 0 Å². The molecule has 1 saturated heterocycles. The fourth-order valence-corrected chi connectivity index (χ4v) is 3.37. The molecule has 0 bridgehead atoms. The van der Waals surface area contributed by atoms with Crippen molar-refractivity contribution in [2.45, 2.75) is 19.8 Å². The lowest BCUT2D eigenvalue weighted by Crippen LogP contribution is -2.28. The first-order chi connectivity index (χ1) is 8.60. The maximum absolute atomic E-state index is 12.4. The van der Waals surface area contributed by atoms with Crippen LogP contribution in [0.2, 0.25) is 0 Å². The number of likely N-dealkylation sites (tertiary alicyclic amines) is 1. The maximum atomic E-state index is 12.4. The number of aryl methyl sites for hydroxylation is 1. The second-order valence-electron chi connectivity index (χ2n) is 4.90. The number of hydrogen-bond donors (Lipinski definition) is 0. The molecule has 1 aromatic carbocycles. The summed E-state index contributed by atoms with van der Waals surface area (Å²) in [6.45, 7) is 3.70. The molecule has 0 N–H and O–H groups in total. The molecule has 1 atom stereocenters. The zero-order valence-corrected chi connectivity index (χ0v) is 12.8. The first-order valence-electron chi connectivity index (χ1n) is 6.22. The van der Waals surface area contributed by atoms with Crippen LogP contribution in [0, 0.1) is 12.8 Å². The van der Waals surface area contributed by atoms with Crippen LogP contribution in [0.5, 0.6) is 0 Å². The summed E-state index contributed by atoms with van der Waals surface area (Å²) in [4.78, 5) is 14.3. The molecule has 0 radical (unpaired) electrons. The minimum atomic E-state index is 0.136. The van der Waals surface area contributed by atoms with Crippen molar-refractivity contribution in [1.29, 1.82) is 0 Å². The molecule has 2 nitrogen and oxygen atoms in total. The highest BCUT2D eigenvalue weighted by atomic mass is 79.9. The van der Waals surface area contributed by atoms with Crippen molar-refractivity contribution in [2.24, 2.45) is 5.92 Å². The van der Waals surface area contributed by atoms with E-state index in [0.29, 0.717) is 11.8 Å². The van der Waals surface area contributed by atoms with E-state index >= 15 is 0 Å². The average Bonchev–Trinajstić information content (AvgIpc) is 2.76. The Hall–Kier alpha value is -0.540. The standard InChI is InChI=1S/C14H17BrClNO/c1-10-6-12(8-13(15)7-10)14(18)17-5-3-11(9-17)2-4-16/h6-8,11H,2-5,9H2,1H3.